The van der Waals surface area contributed by atoms with Gasteiger partial charge < -0.3 is 9.72 Å². The zero-order chi connectivity index (χ0) is 18.5. The summed E-state index contributed by atoms with van der Waals surface area (Å²) >= 11 is 4.72. The molecular weight excluding hydrogens is 414 g/mol. The van der Waals surface area contributed by atoms with E-state index in [2.05, 4.69) is 25.9 Å². The second-order valence-corrected chi connectivity index (χ2v) is 7.06. The number of H-pyrrole nitrogens is 1. The van der Waals surface area contributed by atoms with E-state index in [0.29, 0.717) is 28.8 Å². The maximum Gasteiger partial charge on any atom is 0.270 e. The summed E-state index contributed by atoms with van der Waals surface area (Å²) in [6.07, 6.45) is 1.81. The molecule has 0 bridgehead atoms. The highest BCUT2D eigenvalue weighted by Gasteiger charge is 2.13. The van der Waals surface area contributed by atoms with Crippen LogP contribution in [-0.2, 0) is 6.61 Å². The minimum Gasteiger partial charge on any atom is -0.489 e. The number of hydrogen-bond acceptors (Lipinski definition) is 5. The molecule has 0 fully saturated rings. The van der Waals surface area contributed by atoms with Crippen LogP contribution in [0.15, 0.2) is 63.0 Å². The molecule has 0 saturated carbocycles. The molecule has 0 aliphatic rings. The van der Waals surface area contributed by atoms with Gasteiger partial charge in [-0.3, -0.25) is 4.79 Å². The summed E-state index contributed by atoms with van der Waals surface area (Å²) in [5.74, 6) is 0.641. The Bertz CT molecular complexity index is 1030. The summed E-state index contributed by atoms with van der Waals surface area (Å²) in [5.41, 5.74) is 1.61. The van der Waals surface area contributed by atoms with Crippen molar-refractivity contribution >= 4 is 27.7 Å². The van der Waals surface area contributed by atoms with Crippen LogP contribution in [0.3, 0.4) is 0 Å². The van der Waals surface area contributed by atoms with Gasteiger partial charge in [-0.25, -0.2) is 4.98 Å². The van der Waals surface area contributed by atoms with Crippen molar-refractivity contribution in [3.05, 3.63) is 74.5 Å². The Kier molecular flexibility index (Phi) is 5.76. The van der Waals surface area contributed by atoms with Crippen molar-refractivity contribution in [1.82, 2.24) is 9.97 Å². The molecule has 0 atom stereocenters. The number of thioether (sulfide) groups is 1. The minimum atomic E-state index is -0.442. The molecule has 0 radical (unpaired) electrons. The summed E-state index contributed by atoms with van der Waals surface area (Å²) in [7, 11) is 0. The van der Waals surface area contributed by atoms with Gasteiger partial charge in [0.1, 0.15) is 24.0 Å². The van der Waals surface area contributed by atoms with Gasteiger partial charge in [0.05, 0.1) is 5.69 Å². The highest BCUT2D eigenvalue weighted by atomic mass is 79.9. The molecule has 3 rings (SSSR count). The largest absolute Gasteiger partial charge is 0.489 e. The van der Waals surface area contributed by atoms with Crippen LogP contribution in [0.1, 0.15) is 11.1 Å². The monoisotopic (exact) mass is 427 g/mol. The van der Waals surface area contributed by atoms with Crippen LogP contribution in [0, 0.1) is 11.3 Å². The average molecular weight is 428 g/mol. The van der Waals surface area contributed by atoms with E-state index in [4.69, 9.17) is 4.74 Å². The van der Waals surface area contributed by atoms with Gasteiger partial charge in [-0.05, 0) is 36.1 Å². The van der Waals surface area contributed by atoms with Crippen molar-refractivity contribution in [3.63, 3.8) is 0 Å². The first-order chi connectivity index (χ1) is 12.6. The first kappa shape index (κ1) is 18.2. The normalized spacial score (nSPS) is 10.3. The van der Waals surface area contributed by atoms with Gasteiger partial charge in [0, 0.05) is 10.0 Å². The van der Waals surface area contributed by atoms with Gasteiger partial charge in [-0.15, -0.1) is 0 Å². The maximum absolute atomic E-state index is 12.1. The average Bonchev–Trinajstić information content (AvgIpc) is 2.67. The second kappa shape index (κ2) is 8.21. The first-order valence-corrected chi connectivity index (χ1v) is 9.68. The van der Waals surface area contributed by atoms with Gasteiger partial charge >= 0.3 is 0 Å². The highest BCUT2D eigenvalue weighted by molar-refractivity contribution is 9.10. The molecule has 0 amide bonds. The van der Waals surface area contributed by atoms with Gasteiger partial charge in [0.25, 0.3) is 5.56 Å². The fraction of sp³-hybridized carbons (Fsp3) is 0.105. The van der Waals surface area contributed by atoms with E-state index in [1.807, 2.05) is 48.7 Å². The number of ether oxygens (including phenoxy) is 1. The molecule has 0 aliphatic heterocycles. The number of rotatable bonds is 5. The molecule has 130 valence electrons. The zero-order valence-electron chi connectivity index (χ0n) is 13.8. The number of aromatic nitrogens is 2. The van der Waals surface area contributed by atoms with Crippen LogP contribution in [0.4, 0.5) is 0 Å². The van der Waals surface area contributed by atoms with Crippen LogP contribution in [0.2, 0.25) is 0 Å². The summed E-state index contributed by atoms with van der Waals surface area (Å²) in [6.45, 7) is 0.417. The predicted octanol–water partition coefficient (Wildman–Crippen LogP) is 4.37. The number of benzene rings is 2. The van der Waals surface area contributed by atoms with Crippen LogP contribution < -0.4 is 10.3 Å². The van der Waals surface area contributed by atoms with E-state index in [9.17, 15) is 10.1 Å². The molecule has 0 saturated heterocycles. The minimum absolute atomic E-state index is 0.00661. The maximum atomic E-state index is 12.1. The molecule has 0 unspecified atom stereocenters. The Morgan fingerprint density at radius 3 is 2.73 bits per heavy atom. The molecule has 1 aromatic heterocycles. The third-order valence-electron chi connectivity index (χ3n) is 3.63. The third kappa shape index (κ3) is 4.15. The lowest BCUT2D eigenvalue weighted by Crippen LogP contribution is -2.14. The molecular formula is C19H14BrN3O2S. The standard InChI is InChI=1S/C19H14BrN3O2S/c1-26-19-22-17(16(10-21)18(24)23-19)13-3-2-4-15(9-13)25-11-12-5-7-14(20)8-6-12/h2-9H,11H2,1H3,(H,22,23,24). The van der Waals surface area contributed by atoms with E-state index in [1.165, 1.54) is 11.8 Å². The smallest absolute Gasteiger partial charge is 0.270 e. The first-order valence-electron chi connectivity index (χ1n) is 7.67. The van der Waals surface area contributed by atoms with E-state index >= 15 is 0 Å². The number of nitrogens with zero attached hydrogens (tertiary/aromatic N) is 2. The number of nitriles is 1. The van der Waals surface area contributed by atoms with Crippen molar-refractivity contribution in [2.24, 2.45) is 0 Å². The van der Waals surface area contributed by atoms with Crippen LogP contribution >= 0.6 is 27.7 Å². The molecule has 5 nitrogen and oxygen atoms in total. The number of aromatic amines is 1. The van der Waals surface area contributed by atoms with Crippen molar-refractivity contribution < 1.29 is 4.74 Å². The van der Waals surface area contributed by atoms with Gasteiger partial charge in [-0.2, -0.15) is 5.26 Å². The summed E-state index contributed by atoms with van der Waals surface area (Å²) in [6, 6.07) is 17.0. The highest BCUT2D eigenvalue weighted by Crippen LogP contribution is 2.25. The summed E-state index contributed by atoms with van der Waals surface area (Å²) < 4.78 is 6.85. The molecule has 2 aromatic carbocycles. The number of halogens is 1. The van der Waals surface area contributed by atoms with Gasteiger partial charge in [0.15, 0.2) is 5.16 Å². The Morgan fingerprint density at radius 1 is 1.27 bits per heavy atom. The Hall–Kier alpha value is -2.56. The van der Waals surface area contributed by atoms with E-state index in [0.717, 1.165) is 10.0 Å². The lowest BCUT2D eigenvalue weighted by Gasteiger charge is -2.09. The molecule has 26 heavy (non-hydrogen) atoms. The van der Waals surface area contributed by atoms with E-state index < -0.39 is 5.56 Å². The quantitative estimate of drug-likeness (QED) is 0.482. The summed E-state index contributed by atoms with van der Waals surface area (Å²) in [5, 5.41) is 9.78. The van der Waals surface area contributed by atoms with Crippen LogP contribution in [0.25, 0.3) is 11.3 Å². The predicted molar refractivity (Wildman–Crippen MR) is 105 cm³/mol. The van der Waals surface area contributed by atoms with Crippen molar-refractivity contribution in [3.8, 4) is 23.1 Å². The van der Waals surface area contributed by atoms with Gasteiger partial charge in [0.2, 0.25) is 0 Å². The Morgan fingerprint density at radius 2 is 2.04 bits per heavy atom. The topological polar surface area (TPSA) is 78.8 Å². The molecule has 1 heterocycles. The van der Waals surface area contributed by atoms with Gasteiger partial charge in [-0.1, -0.05) is 52.0 Å². The summed E-state index contributed by atoms with van der Waals surface area (Å²) in [4.78, 5) is 19.1. The zero-order valence-corrected chi connectivity index (χ0v) is 16.2. The van der Waals surface area contributed by atoms with E-state index in [-0.39, 0.29) is 5.56 Å². The number of hydrogen-bond donors (Lipinski definition) is 1. The SMILES string of the molecule is CSc1nc(-c2cccc(OCc3ccc(Br)cc3)c2)c(C#N)c(=O)[nH]1. The van der Waals surface area contributed by atoms with Crippen LogP contribution in [-0.4, -0.2) is 16.2 Å². The number of nitrogens with one attached hydrogen (secondary N) is 1. The molecule has 1 N–H and O–H groups in total. The molecule has 3 aromatic rings. The lowest BCUT2D eigenvalue weighted by atomic mass is 10.1. The van der Waals surface area contributed by atoms with Crippen molar-refractivity contribution in [2.75, 3.05) is 6.26 Å². The third-order valence-corrected chi connectivity index (χ3v) is 4.74. The second-order valence-electron chi connectivity index (χ2n) is 5.35. The molecule has 7 heteroatoms. The lowest BCUT2D eigenvalue weighted by molar-refractivity contribution is 0.306. The van der Waals surface area contributed by atoms with Crippen molar-refractivity contribution in [1.29, 1.82) is 5.26 Å². The van der Waals surface area contributed by atoms with E-state index in [1.54, 1.807) is 12.1 Å². The fourth-order valence-electron chi connectivity index (χ4n) is 2.34. The Labute approximate surface area is 163 Å². The Balaban J connectivity index is 1.90. The van der Waals surface area contributed by atoms with Crippen molar-refractivity contribution in [2.45, 2.75) is 11.8 Å². The van der Waals surface area contributed by atoms with Crippen LogP contribution in [0.5, 0.6) is 5.75 Å². The fourth-order valence-corrected chi connectivity index (χ4v) is 2.98. The molecule has 0 aliphatic carbocycles. The molecule has 0 spiro atoms.